The van der Waals surface area contributed by atoms with Crippen LogP contribution in [0.4, 0.5) is 0 Å². The maximum Gasteiger partial charge on any atom is 0.0848 e. The van der Waals surface area contributed by atoms with Gasteiger partial charge in [-0.25, -0.2) is 0 Å². The van der Waals surface area contributed by atoms with Gasteiger partial charge in [0, 0.05) is 23.7 Å². The van der Waals surface area contributed by atoms with Crippen LogP contribution < -0.4 is 0 Å². The van der Waals surface area contributed by atoms with Gasteiger partial charge in [-0.2, -0.15) is 5.10 Å². The average Bonchev–Trinajstić information content (AvgIpc) is 2.72. The Bertz CT molecular complexity index is 578. The van der Waals surface area contributed by atoms with Crippen LogP contribution in [0.5, 0.6) is 0 Å². The lowest BCUT2D eigenvalue weighted by Crippen LogP contribution is -2.09. The molecule has 1 heterocycles. The fourth-order valence-corrected chi connectivity index (χ4v) is 2.50. The maximum absolute atomic E-state index is 10.4. The second kappa shape index (κ2) is 5.76. The molecule has 0 aliphatic rings. The Hall–Kier alpha value is -1.32. The fourth-order valence-electron chi connectivity index (χ4n) is 2.32. The molecule has 1 aromatic carbocycles. The third kappa shape index (κ3) is 3.17. The minimum atomic E-state index is -0.555. The zero-order valence-electron chi connectivity index (χ0n) is 11.5. The van der Waals surface area contributed by atoms with Crippen LogP contribution in [0.25, 0.3) is 0 Å². The highest BCUT2D eigenvalue weighted by atomic mass is 35.5. The van der Waals surface area contributed by atoms with E-state index in [2.05, 4.69) is 5.10 Å². The lowest BCUT2D eigenvalue weighted by molar-refractivity contribution is 0.174. The van der Waals surface area contributed by atoms with Gasteiger partial charge in [0.25, 0.3) is 0 Å². The summed E-state index contributed by atoms with van der Waals surface area (Å²) in [5.74, 6) is 0. The van der Waals surface area contributed by atoms with E-state index in [1.54, 1.807) is 0 Å². The van der Waals surface area contributed by atoms with Gasteiger partial charge >= 0.3 is 0 Å². The molecule has 0 radical (unpaired) electrons. The summed E-state index contributed by atoms with van der Waals surface area (Å²) in [6.07, 6.45) is -0.00401. The molecule has 0 bridgehead atoms. The van der Waals surface area contributed by atoms with E-state index in [-0.39, 0.29) is 0 Å². The zero-order valence-corrected chi connectivity index (χ0v) is 12.3. The molecule has 3 nitrogen and oxygen atoms in total. The molecule has 1 unspecified atom stereocenters. The number of aryl methyl sites for hydroxylation is 3. The smallest absolute Gasteiger partial charge is 0.0848 e. The number of aromatic nitrogens is 2. The number of nitrogens with zero attached hydrogens (tertiary/aromatic N) is 2. The van der Waals surface area contributed by atoms with Crippen LogP contribution in [-0.4, -0.2) is 14.9 Å². The van der Waals surface area contributed by atoms with Gasteiger partial charge in [-0.05, 0) is 50.1 Å². The fraction of sp³-hybridized carbons (Fsp3) is 0.400. The van der Waals surface area contributed by atoms with Crippen molar-refractivity contribution in [2.24, 2.45) is 0 Å². The number of hydrogen-bond donors (Lipinski definition) is 1. The molecule has 0 saturated heterocycles. The number of hydrogen-bond acceptors (Lipinski definition) is 2. The van der Waals surface area contributed by atoms with Crippen LogP contribution in [-0.2, 0) is 13.0 Å². The van der Waals surface area contributed by atoms with E-state index in [0.29, 0.717) is 11.4 Å². The molecule has 2 aromatic rings. The summed E-state index contributed by atoms with van der Waals surface area (Å²) in [5.41, 5.74) is 3.96. The Morgan fingerprint density at radius 2 is 2.05 bits per heavy atom. The molecule has 0 aliphatic heterocycles. The average molecular weight is 279 g/mol. The van der Waals surface area contributed by atoms with E-state index < -0.39 is 6.10 Å². The normalized spacial score (nSPS) is 12.7. The van der Waals surface area contributed by atoms with Crippen LogP contribution in [0, 0.1) is 13.8 Å². The van der Waals surface area contributed by atoms with E-state index in [0.717, 1.165) is 29.1 Å². The minimum absolute atomic E-state index is 0.551. The topological polar surface area (TPSA) is 38.0 Å². The first-order valence-electron chi connectivity index (χ1n) is 6.48. The molecule has 0 aliphatic carbocycles. The van der Waals surface area contributed by atoms with Gasteiger partial charge in [0.15, 0.2) is 0 Å². The lowest BCUT2D eigenvalue weighted by atomic mass is 10.00. The molecule has 102 valence electrons. The van der Waals surface area contributed by atoms with E-state index >= 15 is 0 Å². The summed E-state index contributed by atoms with van der Waals surface area (Å²) >= 11 is 6.00. The Labute approximate surface area is 118 Å². The molecular formula is C15H19ClN2O. The highest BCUT2D eigenvalue weighted by Gasteiger charge is 2.15. The number of benzene rings is 1. The molecule has 4 heteroatoms. The van der Waals surface area contributed by atoms with Gasteiger partial charge in [-0.3, -0.25) is 4.68 Å². The largest absolute Gasteiger partial charge is 0.388 e. The number of rotatable bonds is 4. The van der Waals surface area contributed by atoms with Crippen LogP contribution in [0.1, 0.15) is 35.5 Å². The number of aliphatic hydroxyl groups excluding tert-OH is 1. The van der Waals surface area contributed by atoms with E-state index in [4.69, 9.17) is 11.6 Å². The molecular weight excluding hydrogens is 260 g/mol. The summed E-state index contributed by atoms with van der Waals surface area (Å²) in [6.45, 7) is 6.81. The minimum Gasteiger partial charge on any atom is -0.388 e. The Kier molecular flexibility index (Phi) is 4.27. The molecule has 1 N–H and O–H groups in total. The van der Waals surface area contributed by atoms with Crippen LogP contribution in [0.3, 0.4) is 0 Å². The Morgan fingerprint density at radius 1 is 1.32 bits per heavy atom. The molecule has 0 fully saturated rings. The zero-order chi connectivity index (χ0) is 14.0. The van der Waals surface area contributed by atoms with Crippen molar-refractivity contribution in [3.63, 3.8) is 0 Å². The summed E-state index contributed by atoms with van der Waals surface area (Å²) in [5, 5.41) is 15.5. The predicted octanol–water partition coefficient (Wildman–Crippen LogP) is 3.45. The summed E-state index contributed by atoms with van der Waals surface area (Å²) in [4.78, 5) is 0. The molecule has 0 amide bonds. The first-order valence-corrected chi connectivity index (χ1v) is 6.86. The van der Waals surface area contributed by atoms with Crippen LogP contribution in [0.2, 0.25) is 5.02 Å². The monoisotopic (exact) mass is 278 g/mol. The highest BCUT2D eigenvalue weighted by Crippen LogP contribution is 2.25. The predicted molar refractivity (Wildman–Crippen MR) is 77.5 cm³/mol. The third-order valence-corrected chi connectivity index (χ3v) is 3.52. The van der Waals surface area contributed by atoms with Gasteiger partial charge in [-0.1, -0.05) is 17.7 Å². The third-order valence-electron chi connectivity index (χ3n) is 3.29. The maximum atomic E-state index is 10.4. The van der Waals surface area contributed by atoms with Crippen molar-refractivity contribution < 1.29 is 5.11 Å². The van der Waals surface area contributed by atoms with E-state index in [9.17, 15) is 5.11 Å². The van der Waals surface area contributed by atoms with E-state index in [1.807, 2.05) is 49.7 Å². The molecule has 2 rings (SSSR count). The van der Waals surface area contributed by atoms with Crippen molar-refractivity contribution in [1.82, 2.24) is 9.78 Å². The molecule has 0 spiro atoms. The van der Waals surface area contributed by atoms with Gasteiger partial charge in [-0.15, -0.1) is 0 Å². The second-order valence-corrected chi connectivity index (χ2v) is 5.25. The van der Waals surface area contributed by atoms with Gasteiger partial charge in [0.2, 0.25) is 0 Å². The second-order valence-electron chi connectivity index (χ2n) is 4.81. The van der Waals surface area contributed by atoms with Crippen molar-refractivity contribution in [1.29, 1.82) is 0 Å². The standard InChI is InChI=1S/C15H19ClN2O/c1-4-18-13(7-11(3)17-18)9-15(19)14-8-12(16)6-5-10(14)2/h5-8,15,19H,4,9H2,1-3H3. The summed E-state index contributed by atoms with van der Waals surface area (Å²) in [7, 11) is 0. The van der Waals surface area contributed by atoms with Crippen molar-refractivity contribution in [3.05, 3.63) is 51.8 Å². The number of aliphatic hydroxyl groups is 1. The van der Waals surface area contributed by atoms with Crippen molar-refractivity contribution in [2.45, 2.75) is 39.8 Å². The highest BCUT2D eigenvalue weighted by molar-refractivity contribution is 6.30. The van der Waals surface area contributed by atoms with Crippen LogP contribution >= 0.6 is 11.6 Å². The lowest BCUT2D eigenvalue weighted by Gasteiger charge is -2.14. The Morgan fingerprint density at radius 3 is 2.74 bits per heavy atom. The summed E-state index contributed by atoms with van der Waals surface area (Å²) < 4.78 is 1.93. The van der Waals surface area contributed by atoms with Gasteiger partial charge < -0.3 is 5.11 Å². The number of halogens is 1. The first-order chi connectivity index (χ1) is 9.01. The molecule has 19 heavy (non-hydrogen) atoms. The van der Waals surface area contributed by atoms with Crippen LogP contribution in [0.15, 0.2) is 24.3 Å². The molecule has 1 atom stereocenters. The molecule has 0 saturated carbocycles. The molecule has 1 aromatic heterocycles. The van der Waals surface area contributed by atoms with Crippen molar-refractivity contribution >= 4 is 11.6 Å². The first kappa shape index (κ1) is 14.1. The van der Waals surface area contributed by atoms with E-state index in [1.165, 1.54) is 0 Å². The SMILES string of the molecule is CCn1nc(C)cc1CC(O)c1cc(Cl)ccc1C. The van der Waals surface area contributed by atoms with Gasteiger partial charge in [0.05, 0.1) is 11.8 Å². The Balaban J connectivity index is 2.25. The van der Waals surface area contributed by atoms with Crippen molar-refractivity contribution in [3.8, 4) is 0 Å². The summed E-state index contributed by atoms with van der Waals surface area (Å²) in [6, 6.07) is 7.63. The van der Waals surface area contributed by atoms with Crippen molar-refractivity contribution in [2.75, 3.05) is 0 Å². The van der Waals surface area contributed by atoms with Gasteiger partial charge in [0.1, 0.15) is 0 Å². The quantitative estimate of drug-likeness (QED) is 0.930.